The average molecular weight is 197 g/mol. The molecule has 0 rings (SSSR count). The lowest BCUT2D eigenvalue weighted by Gasteiger charge is -2.18. The molecule has 0 saturated heterocycles. The average Bonchev–Trinajstić information content (AvgIpc) is 2.21. The second-order valence-corrected chi connectivity index (χ2v) is 2.92. The van der Waals surface area contributed by atoms with E-state index in [1.54, 1.807) is 11.0 Å². The highest BCUT2D eigenvalue weighted by molar-refractivity contribution is 5.76. The maximum absolute atomic E-state index is 11.4. The van der Waals surface area contributed by atoms with Crippen LogP contribution in [0.15, 0.2) is 24.8 Å². The van der Waals surface area contributed by atoms with Crippen LogP contribution in [0.25, 0.3) is 0 Å². The van der Waals surface area contributed by atoms with Crippen molar-refractivity contribution in [1.82, 2.24) is 4.90 Å². The Bertz CT molecular complexity index is 199. The van der Waals surface area contributed by atoms with Crippen LogP contribution < -0.4 is 0 Å². The quantitative estimate of drug-likeness (QED) is 0.626. The Hall–Kier alpha value is -1.09. The number of hydrogen-bond acceptors (Lipinski definition) is 2. The van der Waals surface area contributed by atoms with Crippen LogP contribution in [0.1, 0.15) is 19.8 Å². The van der Waals surface area contributed by atoms with Crippen molar-refractivity contribution in [3.63, 3.8) is 0 Å². The topological polar surface area (TPSA) is 40.5 Å². The van der Waals surface area contributed by atoms with Gasteiger partial charge in [-0.25, -0.2) is 0 Å². The Labute approximate surface area is 85.7 Å². The normalized spacial score (nSPS) is 10.4. The molecule has 0 saturated carbocycles. The summed E-state index contributed by atoms with van der Waals surface area (Å²) >= 11 is 0. The van der Waals surface area contributed by atoms with Gasteiger partial charge in [0.15, 0.2) is 0 Å². The zero-order chi connectivity index (χ0) is 10.8. The van der Waals surface area contributed by atoms with Crippen LogP contribution >= 0.6 is 0 Å². The molecule has 1 amide bonds. The van der Waals surface area contributed by atoms with Gasteiger partial charge in [-0.2, -0.15) is 0 Å². The highest BCUT2D eigenvalue weighted by atomic mass is 16.2. The highest BCUT2D eigenvalue weighted by Gasteiger charge is 2.06. The van der Waals surface area contributed by atoms with Crippen molar-refractivity contribution in [2.75, 3.05) is 19.7 Å². The van der Waals surface area contributed by atoms with Gasteiger partial charge >= 0.3 is 0 Å². The van der Waals surface area contributed by atoms with Crippen LogP contribution in [-0.2, 0) is 4.79 Å². The number of carbonyl (C=O) groups excluding carboxylic acids is 1. The zero-order valence-electron chi connectivity index (χ0n) is 8.78. The van der Waals surface area contributed by atoms with E-state index in [0.717, 1.165) is 0 Å². The van der Waals surface area contributed by atoms with Gasteiger partial charge < -0.3 is 10.0 Å². The van der Waals surface area contributed by atoms with E-state index in [2.05, 4.69) is 6.58 Å². The van der Waals surface area contributed by atoms with Gasteiger partial charge in [-0.15, -0.1) is 6.58 Å². The molecule has 80 valence electrons. The molecule has 0 fully saturated rings. The van der Waals surface area contributed by atoms with Crippen molar-refractivity contribution in [2.45, 2.75) is 19.8 Å². The predicted molar refractivity (Wildman–Crippen MR) is 57.9 cm³/mol. The van der Waals surface area contributed by atoms with Crippen molar-refractivity contribution >= 4 is 5.91 Å². The summed E-state index contributed by atoms with van der Waals surface area (Å²) < 4.78 is 0. The first-order valence-corrected chi connectivity index (χ1v) is 4.90. The zero-order valence-corrected chi connectivity index (χ0v) is 8.78. The number of hydrogen-bond donors (Lipinski definition) is 1. The lowest BCUT2D eigenvalue weighted by atomic mass is 10.3. The van der Waals surface area contributed by atoms with E-state index in [1.165, 1.54) is 0 Å². The largest absolute Gasteiger partial charge is 0.396 e. The van der Waals surface area contributed by atoms with Gasteiger partial charge in [0.1, 0.15) is 0 Å². The van der Waals surface area contributed by atoms with Gasteiger partial charge in [0.25, 0.3) is 0 Å². The second kappa shape index (κ2) is 8.51. The first kappa shape index (κ1) is 12.9. The molecule has 3 nitrogen and oxygen atoms in total. The van der Waals surface area contributed by atoms with Gasteiger partial charge in [0, 0.05) is 26.1 Å². The van der Waals surface area contributed by atoms with Crippen LogP contribution in [0.5, 0.6) is 0 Å². The summed E-state index contributed by atoms with van der Waals surface area (Å²) in [5.41, 5.74) is 0. The van der Waals surface area contributed by atoms with Gasteiger partial charge in [-0.1, -0.05) is 25.2 Å². The molecule has 0 radical (unpaired) electrons. The predicted octanol–water partition coefficient (Wildman–Crippen LogP) is 1.35. The minimum absolute atomic E-state index is 0.124. The van der Waals surface area contributed by atoms with E-state index < -0.39 is 0 Å². The molecule has 14 heavy (non-hydrogen) atoms. The monoisotopic (exact) mass is 197 g/mol. The number of nitrogens with zero attached hydrogens (tertiary/aromatic N) is 1. The molecule has 0 atom stereocenters. The van der Waals surface area contributed by atoms with E-state index in [4.69, 9.17) is 5.11 Å². The Kier molecular flexibility index (Phi) is 7.84. The molecule has 3 heteroatoms. The SMILES string of the molecule is C=CCN(C/C=C/CCO)C(=O)CC. The van der Waals surface area contributed by atoms with E-state index in [0.29, 0.717) is 25.9 Å². The number of aliphatic hydroxyl groups is 1. The molecular weight excluding hydrogens is 178 g/mol. The third-order valence-corrected chi connectivity index (χ3v) is 1.79. The summed E-state index contributed by atoms with van der Waals surface area (Å²) in [5, 5.41) is 8.54. The minimum atomic E-state index is 0.124. The molecule has 0 unspecified atom stereocenters. The maximum atomic E-state index is 11.4. The van der Waals surface area contributed by atoms with Crippen molar-refractivity contribution in [3.05, 3.63) is 24.8 Å². The number of rotatable bonds is 7. The molecule has 0 aliphatic heterocycles. The molecule has 0 aromatic carbocycles. The smallest absolute Gasteiger partial charge is 0.222 e. The fourth-order valence-electron chi connectivity index (χ4n) is 1.05. The van der Waals surface area contributed by atoms with E-state index >= 15 is 0 Å². The van der Waals surface area contributed by atoms with Gasteiger partial charge in [0.05, 0.1) is 0 Å². The Morgan fingerprint density at radius 3 is 2.64 bits per heavy atom. The van der Waals surface area contributed by atoms with Gasteiger partial charge in [0.2, 0.25) is 5.91 Å². The third kappa shape index (κ3) is 5.54. The van der Waals surface area contributed by atoms with Crippen molar-refractivity contribution in [2.24, 2.45) is 0 Å². The number of aliphatic hydroxyl groups excluding tert-OH is 1. The molecule has 0 aliphatic carbocycles. The molecular formula is C11H19NO2. The first-order valence-electron chi connectivity index (χ1n) is 4.90. The van der Waals surface area contributed by atoms with Crippen LogP contribution in [0.3, 0.4) is 0 Å². The molecule has 0 heterocycles. The summed E-state index contributed by atoms with van der Waals surface area (Å²) in [6.07, 6.45) is 6.64. The lowest BCUT2D eigenvalue weighted by Crippen LogP contribution is -2.30. The summed E-state index contributed by atoms with van der Waals surface area (Å²) in [6, 6.07) is 0. The minimum Gasteiger partial charge on any atom is -0.396 e. The standard InChI is InChI=1S/C11H19NO2/c1-3-8-12(11(14)4-2)9-6-5-7-10-13/h3,5-6,13H,1,4,7-10H2,2H3/b6-5+. The summed E-state index contributed by atoms with van der Waals surface area (Å²) in [6.45, 7) is 6.77. The fourth-order valence-corrected chi connectivity index (χ4v) is 1.05. The van der Waals surface area contributed by atoms with Gasteiger partial charge in [-0.05, 0) is 6.42 Å². The fraction of sp³-hybridized carbons (Fsp3) is 0.545. The Morgan fingerprint density at radius 1 is 1.43 bits per heavy atom. The molecule has 0 bridgehead atoms. The van der Waals surface area contributed by atoms with E-state index in [-0.39, 0.29) is 12.5 Å². The number of amides is 1. The second-order valence-electron chi connectivity index (χ2n) is 2.92. The lowest BCUT2D eigenvalue weighted by molar-refractivity contribution is -0.129. The first-order chi connectivity index (χ1) is 6.76. The maximum Gasteiger partial charge on any atom is 0.222 e. The van der Waals surface area contributed by atoms with Crippen LogP contribution in [0, 0.1) is 0 Å². The van der Waals surface area contributed by atoms with Crippen LogP contribution in [0.2, 0.25) is 0 Å². The van der Waals surface area contributed by atoms with Crippen LogP contribution in [0.4, 0.5) is 0 Å². The molecule has 0 aromatic heterocycles. The molecule has 1 N–H and O–H groups in total. The summed E-state index contributed by atoms with van der Waals surface area (Å²) in [7, 11) is 0. The summed E-state index contributed by atoms with van der Waals surface area (Å²) in [4.78, 5) is 13.1. The highest BCUT2D eigenvalue weighted by Crippen LogP contribution is 1.95. The Balaban J connectivity index is 3.95. The Morgan fingerprint density at radius 2 is 2.14 bits per heavy atom. The molecule has 0 aromatic rings. The third-order valence-electron chi connectivity index (χ3n) is 1.79. The number of carbonyl (C=O) groups is 1. The van der Waals surface area contributed by atoms with Gasteiger partial charge in [-0.3, -0.25) is 4.79 Å². The van der Waals surface area contributed by atoms with E-state index in [9.17, 15) is 4.79 Å². The summed E-state index contributed by atoms with van der Waals surface area (Å²) in [5.74, 6) is 0.124. The molecule has 0 aliphatic rings. The van der Waals surface area contributed by atoms with Crippen LogP contribution in [-0.4, -0.2) is 35.6 Å². The van der Waals surface area contributed by atoms with Crippen molar-refractivity contribution in [3.8, 4) is 0 Å². The molecule has 0 spiro atoms. The van der Waals surface area contributed by atoms with Crippen molar-refractivity contribution < 1.29 is 9.90 Å². The van der Waals surface area contributed by atoms with Crippen molar-refractivity contribution in [1.29, 1.82) is 0 Å². The van der Waals surface area contributed by atoms with E-state index in [1.807, 2.05) is 19.1 Å².